The van der Waals surface area contributed by atoms with Gasteiger partial charge in [-0.05, 0) is 30.0 Å². The highest BCUT2D eigenvalue weighted by atomic mass is 19.4. The molecule has 2 unspecified atom stereocenters. The Morgan fingerprint density at radius 3 is 2.67 bits per heavy atom. The first-order valence-corrected chi connectivity index (χ1v) is 9.22. The predicted molar refractivity (Wildman–Crippen MR) is 92.6 cm³/mol. The molecule has 2 amide bonds. The van der Waals surface area contributed by atoms with Gasteiger partial charge in [-0.15, -0.1) is 0 Å². The minimum Gasteiger partial charge on any atom is -0.449 e. The third-order valence-corrected chi connectivity index (χ3v) is 5.19. The van der Waals surface area contributed by atoms with Gasteiger partial charge in [-0.3, -0.25) is 4.79 Å². The second kappa shape index (κ2) is 7.40. The summed E-state index contributed by atoms with van der Waals surface area (Å²) >= 11 is 0. The summed E-state index contributed by atoms with van der Waals surface area (Å²) in [6.07, 6.45) is -3.03. The Labute approximate surface area is 155 Å². The van der Waals surface area contributed by atoms with Crippen molar-refractivity contribution in [2.24, 2.45) is 0 Å². The number of aryl methyl sites for hydroxylation is 1. The van der Waals surface area contributed by atoms with Crippen molar-refractivity contribution in [1.82, 2.24) is 10.2 Å². The fourth-order valence-electron chi connectivity index (χ4n) is 3.75. The lowest BCUT2D eigenvalue weighted by molar-refractivity contribution is -0.138. The molecular formula is C19H23F3N2O3. The van der Waals surface area contributed by atoms with Crippen LogP contribution in [0.4, 0.5) is 18.0 Å². The molecule has 1 fully saturated rings. The van der Waals surface area contributed by atoms with Gasteiger partial charge in [-0.1, -0.05) is 26.3 Å². The molecule has 1 aromatic rings. The minimum atomic E-state index is -4.61. The summed E-state index contributed by atoms with van der Waals surface area (Å²) in [7, 11) is 0. The summed E-state index contributed by atoms with van der Waals surface area (Å²) < 4.78 is 45.8. The number of likely N-dealkylation sites (tertiary alicyclic amines) is 1. The average molecular weight is 384 g/mol. The molecule has 0 aromatic heterocycles. The van der Waals surface area contributed by atoms with Gasteiger partial charge in [0.25, 0.3) is 5.91 Å². The van der Waals surface area contributed by atoms with E-state index in [1.54, 1.807) is 13.0 Å². The zero-order valence-electron chi connectivity index (χ0n) is 15.4. The van der Waals surface area contributed by atoms with Crippen LogP contribution in [0.3, 0.4) is 0 Å². The van der Waals surface area contributed by atoms with E-state index in [2.05, 4.69) is 5.32 Å². The zero-order valence-corrected chi connectivity index (χ0v) is 15.4. The van der Waals surface area contributed by atoms with Crippen LogP contribution >= 0.6 is 0 Å². The number of nitrogens with one attached hydrogen (secondary N) is 1. The summed E-state index contributed by atoms with van der Waals surface area (Å²) in [4.78, 5) is 26.1. The average Bonchev–Trinajstić information content (AvgIpc) is 3.04. The number of fused-ring (bicyclic) bond motifs is 3. The molecule has 1 N–H and O–H groups in total. The maximum absolute atomic E-state index is 13.5. The summed E-state index contributed by atoms with van der Waals surface area (Å²) in [6.45, 7) is 4.52. The summed E-state index contributed by atoms with van der Waals surface area (Å²) in [5.74, 6) is -1.11. The summed E-state index contributed by atoms with van der Waals surface area (Å²) in [5.41, 5.74) is -0.322. The van der Waals surface area contributed by atoms with Crippen molar-refractivity contribution >= 4 is 12.0 Å². The van der Waals surface area contributed by atoms with E-state index in [0.717, 1.165) is 18.9 Å². The minimum absolute atomic E-state index is 0.230. The van der Waals surface area contributed by atoms with Gasteiger partial charge < -0.3 is 15.0 Å². The number of carbonyl (C=O) groups excluding carboxylic acids is 2. The third-order valence-electron chi connectivity index (χ3n) is 5.19. The van der Waals surface area contributed by atoms with Crippen molar-refractivity contribution in [2.75, 3.05) is 19.7 Å². The Kier molecular flexibility index (Phi) is 5.35. The number of hydrogen-bond donors (Lipinski definition) is 1. The number of hydrogen-bond acceptors (Lipinski definition) is 3. The van der Waals surface area contributed by atoms with E-state index in [9.17, 15) is 22.8 Å². The van der Waals surface area contributed by atoms with Crippen molar-refractivity contribution in [3.63, 3.8) is 0 Å². The van der Waals surface area contributed by atoms with Crippen molar-refractivity contribution in [1.29, 1.82) is 0 Å². The van der Waals surface area contributed by atoms with Gasteiger partial charge in [-0.25, -0.2) is 4.79 Å². The first-order valence-electron chi connectivity index (χ1n) is 9.22. The topological polar surface area (TPSA) is 58.6 Å². The molecule has 148 valence electrons. The molecule has 8 heteroatoms. The van der Waals surface area contributed by atoms with E-state index in [0.29, 0.717) is 24.2 Å². The Morgan fingerprint density at radius 1 is 1.30 bits per heavy atom. The van der Waals surface area contributed by atoms with Crippen LogP contribution in [0.5, 0.6) is 0 Å². The molecule has 2 aliphatic heterocycles. The molecule has 5 nitrogen and oxygen atoms in total. The lowest BCUT2D eigenvalue weighted by Gasteiger charge is -2.30. The van der Waals surface area contributed by atoms with Gasteiger partial charge in [-0.2, -0.15) is 13.2 Å². The standard InChI is InChI=1S/C19H23F3N2O3/c1-3-5-6-27-18(26)24-9-13-12-7-11(4-2)8-14(19(20,21)22)16(12)17(25)23-15(13)10-24/h7-8,13,15H,3-6,9-10H2,1-2H3,(H,23,25). The van der Waals surface area contributed by atoms with E-state index < -0.39 is 29.8 Å². The maximum Gasteiger partial charge on any atom is 0.417 e. The fourth-order valence-corrected chi connectivity index (χ4v) is 3.75. The van der Waals surface area contributed by atoms with Gasteiger partial charge in [0.1, 0.15) is 0 Å². The highest BCUT2D eigenvalue weighted by Crippen LogP contribution is 2.41. The molecule has 0 spiro atoms. The summed E-state index contributed by atoms with van der Waals surface area (Å²) in [6, 6.07) is 2.31. The monoisotopic (exact) mass is 384 g/mol. The summed E-state index contributed by atoms with van der Waals surface area (Å²) in [5, 5.41) is 2.65. The first kappa shape index (κ1) is 19.5. The molecule has 2 aliphatic rings. The molecule has 0 radical (unpaired) electrons. The molecule has 27 heavy (non-hydrogen) atoms. The lowest BCUT2D eigenvalue weighted by Crippen LogP contribution is -2.45. The van der Waals surface area contributed by atoms with Crippen LogP contribution in [0, 0.1) is 0 Å². The normalized spacial score (nSPS) is 21.5. The van der Waals surface area contributed by atoms with Crippen molar-refractivity contribution in [3.8, 4) is 0 Å². The molecule has 3 rings (SSSR count). The smallest absolute Gasteiger partial charge is 0.417 e. The van der Waals surface area contributed by atoms with Crippen LogP contribution in [-0.4, -0.2) is 42.6 Å². The van der Waals surface area contributed by atoms with Gasteiger partial charge >= 0.3 is 12.3 Å². The number of ether oxygens (including phenoxy) is 1. The first-order chi connectivity index (χ1) is 12.8. The van der Waals surface area contributed by atoms with E-state index in [4.69, 9.17) is 4.74 Å². The van der Waals surface area contributed by atoms with Crippen LogP contribution in [0.1, 0.15) is 59.7 Å². The lowest BCUT2D eigenvalue weighted by atomic mass is 9.82. The SMILES string of the molecule is CCCCOC(=O)N1CC2NC(=O)c3c(cc(CC)cc3C(F)(F)F)C2C1. The van der Waals surface area contributed by atoms with Crippen LogP contribution < -0.4 is 5.32 Å². The Morgan fingerprint density at radius 2 is 2.04 bits per heavy atom. The number of carbonyl (C=O) groups is 2. The molecule has 1 saturated heterocycles. The number of benzene rings is 1. The highest BCUT2D eigenvalue weighted by molar-refractivity contribution is 5.99. The van der Waals surface area contributed by atoms with E-state index in [1.165, 1.54) is 4.90 Å². The number of halogens is 3. The molecular weight excluding hydrogens is 361 g/mol. The molecule has 0 bridgehead atoms. The van der Waals surface area contributed by atoms with E-state index in [1.807, 2.05) is 6.92 Å². The number of alkyl halides is 3. The number of nitrogens with zero attached hydrogens (tertiary/aromatic N) is 1. The van der Waals surface area contributed by atoms with Gasteiger partial charge in [0.05, 0.1) is 23.8 Å². The quantitative estimate of drug-likeness (QED) is 0.805. The Bertz CT molecular complexity index is 748. The van der Waals surface area contributed by atoms with Crippen molar-refractivity contribution < 1.29 is 27.5 Å². The molecule has 0 aliphatic carbocycles. The second-order valence-corrected chi connectivity index (χ2v) is 7.02. The van der Waals surface area contributed by atoms with E-state index >= 15 is 0 Å². The van der Waals surface area contributed by atoms with Gasteiger partial charge in [0, 0.05) is 19.0 Å². The van der Waals surface area contributed by atoms with Crippen LogP contribution in [-0.2, 0) is 17.3 Å². The molecule has 0 saturated carbocycles. The largest absolute Gasteiger partial charge is 0.449 e. The molecule has 2 heterocycles. The third kappa shape index (κ3) is 3.75. The van der Waals surface area contributed by atoms with Crippen LogP contribution in [0.15, 0.2) is 12.1 Å². The highest BCUT2D eigenvalue weighted by Gasteiger charge is 2.46. The van der Waals surface area contributed by atoms with Crippen LogP contribution in [0.2, 0.25) is 0 Å². The predicted octanol–water partition coefficient (Wildman–Crippen LogP) is 3.72. The second-order valence-electron chi connectivity index (χ2n) is 7.02. The molecule has 1 aromatic carbocycles. The van der Waals surface area contributed by atoms with Gasteiger partial charge in [0.15, 0.2) is 0 Å². The van der Waals surface area contributed by atoms with Crippen molar-refractivity contribution in [2.45, 2.75) is 51.2 Å². The number of amides is 2. The number of unbranched alkanes of at least 4 members (excludes halogenated alkanes) is 1. The van der Waals surface area contributed by atoms with Crippen LogP contribution in [0.25, 0.3) is 0 Å². The number of rotatable bonds is 4. The fraction of sp³-hybridized carbons (Fsp3) is 0.579. The van der Waals surface area contributed by atoms with E-state index in [-0.39, 0.29) is 24.6 Å². The van der Waals surface area contributed by atoms with Crippen molar-refractivity contribution in [3.05, 3.63) is 34.4 Å². The Hall–Kier alpha value is -2.25. The Balaban J connectivity index is 1.92. The zero-order chi connectivity index (χ0) is 19.8. The van der Waals surface area contributed by atoms with Gasteiger partial charge in [0.2, 0.25) is 0 Å². The maximum atomic E-state index is 13.5. The molecule has 2 atom stereocenters.